The van der Waals surface area contributed by atoms with Crippen molar-refractivity contribution in [1.82, 2.24) is 4.90 Å². The summed E-state index contributed by atoms with van der Waals surface area (Å²) < 4.78 is 0. The molecule has 0 aliphatic heterocycles. The van der Waals surface area contributed by atoms with Crippen molar-refractivity contribution in [2.45, 2.75) is 259 Å². The summed E-state index contributed by atoms with van der Waals surface area (Å²) in [4.78, 5) is 16.2. The van der Waals surface area contributed by atoms with Crippen molar-refractivity contribution in [3.8, 4) is 0 Å². The van der Waals surface area contributed by atoms with Crippen molar-refractivity contribution in [2.75, 3.05) is 13.1 Å². The summed E-state index contributed by atoms with van der Waals surface area (Å²) in [5.74, 6) is 0.821. The second kappa shape index (κ2) is 29.7. The van der Waals surface area contributed by atoms with Crippen LogP contribution in [0.1, 0.15) is 264 Å². The maximum atomic E-state index is 13.4. The number of ketones is 1. The van der Waals surface area contributed by atoms with Crippen LogP contribution >= 0.6 is 0 Å². The van der Waals surface area contributed by atoms with Gasteiger partial charge in [0, 0.05) is 12.0 Å². The van der Waals surface area contributed by atoms with Crippen molar-refractivity contribution in [1.29, 1.82) is 0 Å². The van der Waals surface area contributed by atoms with Crippen LogP contribution in [-0.4, -0.2) is 23.8 Å². The molecule has 0 radical (unpaired) electrons. The first-order valence-corrected chi connectivity index (χ1v) is 25.4. The van der Waals surface area contributed by atoms with Crippen LogP contribution in [-0.2, 0) is 11.3 Å². The predicted octanol–water partition coefficient (Wildman–Crippen LogP) is 17.4. The Hall–Kier alpha value is -1.41. The molecule has 2 unspecified atom stereocenters. The summed E-state index contributed by atoms with van der Waals surface area (Å²) in [5.41, 5.74) is 3.61. The minimum absolute atomic E-state index is 0.0791. The van der Waals surface area contributed by atoms with Crippen LogP contribution in [0.15, 0.2) is 29.8 Å². The average molecular weight is 774 g/mol. The van der Waals surface area contributed by atoms with E-state index in [0.29, 0.717) is 11.7 Å². The van der Waals surface area contributed by atoms with Crippen LogP contribution in [0.3, 0.4) is 0 Å². The van der Waals surface area contributed by atoms with E-state index in [1.54, 1.807) is 0 Å². The van der Waals surface area contributed by atoms with E-state index in [4.69, 9.17) is 0 Å². The molecule has 2 aliphatic carbocycles. The summed E-state index contributed by atoms with van der Waals surface area (Å²) in [6, 6.07) is 9.23. The smallest absolute Gasteiger partial charge is 0.165 e. The van der Waals surface area contributed by atoms with Gasteiger partial charge >= 0.3 is 0 Å². The van der Waals surface area contributed by atoms with Gasteiger partial charge in [-0.25, -0.2) is 0 Å². The molecule has 2 heteroatoms. The molecular weight excluding hydrogens is 679 g/mol. The van der Waals surface area contributed by atoms with E-state index in [-0.39, 0.29) is 10.8 Å². The van der Waals surface area contributed by atoms with Gasteiger partial charge in [0.05, 0.1) is 0 Å². The van der Waals surface area contributed by atoms with Gasteiger partial charge < -0.3 is 0 Å². The molecule has 2 atom stereocenters. The van der Waals surface area contributed by atoms with Gasteiger partial charge in [-0.1, -0.05) is 252 Å². The molecule has 0 amide bonds. The second-order valence-electron chi connectivity index (χ2n) is 19.7. The first kappa shape index (κ1) is 49.0. The van der Waals surface area contributed by atoms with Crippen LogP contribution in [0.25, 0.3) is 6.08 Å². The molecule has 322 valence electrons. The first-order valence-electron chi connectivity index (χ1n) is 25.4. The fourth-order valence-corrected chi connectivity index (χ4v) is 10.3. The number of fused-ring (bicyclic) bond motifs is 2. The predicted molar refractivity (Wildman–Crippen MR) is 248 cm³/mol. The van der Waals surface area contributed by atoms with Gasteiger partial charge in [-0.3, -0.25) is 9.69 Å². The molecule has 0 heterocycles. The number of rotatable bonds is 37. The minimum Gasteiger partial charge on any atom is -0.299 e. The lowest BCUT2D eigenvalue weighted by molar-refractivity contribution is -0.125. The molecule has 2 fully saturated rings. The maximum absolute atomic E-state index is 13.4. The quantitative estimate of drug-likeness (QED) is 0.0496. The summed E-state index contributed by atoms with van der Waals surface area (Å²) in [5, 5.41) is 0. The summed E-state index contributed by atoms with van der Waals surface area (Å²) in [6.45, 7) is 15.0. The highest BCUT2D eigenvalue weighted by Crippen LogP contribution is 2.65. The monoisotopic (exact) mass is 774 g/mol. The highest BCUT2D eigenvalue weighted by Gasteiger charge is 2.63. The number of allylic oxidation sites excluding steroid dienone is 1. The number of carbonyl (C=O) groups is 1. The lowest BCUT2D eigenvalue weighted by atomic mass is 9.70. The van der Waals surface area contributed by atoms with E-state index in [0.717, 1.165) is 25.0 Å². The highest BCUT2D eigenvalue weighted by atomic mass is 16.1. The fourth-order valence-electron chi connectivity index (χ4n) is 10.3. The normalized spacial score (nSPS) is 19.6. The lowest BCUT2D eigenvalue weighted by Crippen LogP contribution is -2.32. The van der Waals surface area contributed by atoms with Crippen LogP contribution < -0.4 is 0 Å². The number of hydrogen-bond acceptors (Lipinski definition) is 2. The van der Waals surface area contributed by atoms with Gasteiger partial charge in [0.1, 0.15) is 0 Å². The van der Waals surface area contributed by atoms with Crippen LogP contribution in [0.5, 0.6) is 0 Å². The zero-order valence-electron chi connectivity index (χ0n) is 38.5. The van der Waals surface area contributed by atoms with E-state index < -0.39 is 0 Å². The molecule has 2 aliphatic rings. The van der Waals surface area contributed by atoms with Gasteiger partial charge in [-0.2, -0.15) is 0 Å². The van der Waals surface area contributed by atoms with Crippen molar-refractivity contribution in [3.05, 3.63) is 41.0 Å². The summed E-state index contributed by atoms with van der Waals surface area (Å²) in [7, 11) is 0. The molecular formula is C54H95NO. The molecule has 0 saturated heterocycles. The van der Waals surface area contributed by atoms with Crippen molar-refractivity contribution in [3.63, 3.8) is 0 Å². The van der Waals surface area contributed by atoms with Gasteiger partial charge in [0.15, 0.2) is 5.78 Å². The Kier molecular flexibility index (Phi) is 26.0. The first-order chi connectivity index (χ1) is 27.3. The number of benzene rings is 1. The zero-order chi connectivity index (χ0) is 40.2. The molecule has 1 aromatic carbocycles. The standard InChI is InChI=1S/C54H95NO/c1-6-8-10-12-14-16-18-20-22-24-26-28-30-32-34-36-44-55(45-37-35-33-31-29-27-25-23-21-19-17-15-13-11-9-7-2)47-49-40-38-48(39-41-49)46-50-51-42-43-54(5,52(50)56)53(51,3)4/h38-41,46,51H,6-37,42-45,47H2,1-5H3/b50-46-. The Balaban J connectivity index is 1.32. The minimum atomic E-state index is -0.177. The third-order valence-corrected chi connectivity index (χ3v) is 14.7. The number of hydrogen-bond donors (Lipinski definition) is 0. The zero-order valence-corrected chi connectivity index (χ0v) is 38.5. The Morgan fingerprint density at radius 3 is 1.18 bits per heavy atom. The van der Waals surface area contributed by atoms with E-state index >= 15 is 0 Å². The van der Waals surface area contributed by atoms with Crippen molar-refractivity contribution < 1.29 is 4.79 Å². The molecule has 0 spiro atoms. The number of nitrogens with zero attached hydrogens (tertiary/aromatic N) is 1. The summed E-state index contributed by atoms with van der Waals surface area (Å²) in [6.07, 6.45) is 50.2. The number of Topliss-reactive ketones (excluding diaryl/α,β-unsaturated/α-hetero) is 1. The SMILES string of the molecule is CCCCCCCCCCCCCCCCCCN(CCCCCCCCCCCCCCCCCC)Cc1ccc(/C=C2\C(=O)C3(C)CCC2C3(C)C)cc1. The second-order valence-corrected chi connectivity index (χ2v) is 19.7. The molecule has 0 N–H and O–H groups in total. The maximum Gasteiger partial charge on any atom is 0.165 e. The summed E-state index contributed by atoms with van der Waals surface area (Å²) >= 11 is 0. The van der Waals surface area contributed by atoms with Gasteiger partial charge in [-0.05, 0) is 72.9 Å². The van der Waals surface area contributed by atoms with E-state index in [9.17, 15) is 4.79 Å². The Morgan fingerprint density at radius 2 is 0.857 bits per heavy atom. The number of unbranched alkanes of at least 4 members (excludes halogenated alkanes) is 30. The third-order valence-electron chi connectivity index (χ3n) is 14.7. The molecule has 2 bridgehead atoms. The van der Waals surface area contributed by atoms with E-state index in [1.807, 2.05) is 0 Å². The van der Waals surface area contributed by atoms with Crippen LogP contribution in [0, 0.1) is 16.7 Å². The van der Waals surface area contributed by atoms with Crippen molar-refractivity contribution in [2.24, 2.45) is 16.7 Å². The lowest BCUT2D eigenvalue weighted by Gasteiger charge is -2.31. The van der Waals surface area contributed by atoms with Crippen LogP contribution in [0.2, 0.25) is 0 Å². The Bertz CT molecular complexity index is 1110. The van der Waals surface area contributed by atoms with Gasteiger partial charge in [0.25, 0.3) is 0 Å². The van der Waals surface area contributed by atoms with E-state index in [2.05, 4.69) is 69.9 Å². The topological polar surface area (TPSA) is 20.3 Å². The third kappa shape index (κ3) is 18.2. The molecule has 1 aromatic rings. The molecule has 3 rings (SSSR count). The molecule has 2 nitrogen and oxygen atoms in total. The number of carbonyl (C=O) groups excluding carboxylic acids is 1. The molecule has 0 aromatic heterocycles. The molecule has 56 heavy (non-hydrogen) atoms. The largest absolute Gasteiger partial charge is 0.299 e. The average Bonchev–Trinajstić information content (AvgIpc) is 3.51. The van der Waals surface area contributed by atoms with Crippen molar-refractivity contribution >= 4 is 11.9 Å². The van der Waals surface area contributed by atoms with E-state index in [1.165, 1.54) is 230 Å². The fraction of sp³-hybridized carbons (Fsp3) is 0.833. The Labute approximate surface area is 350 Å². The van der Waals surface area contributed by atoms with Crippen LogP contribution in [0.4, 0.5) is 0 Å². The van der Waals surface area contributed by atoms with Gasteiger partial charge in [0.2, 0.25) is 0 Å². The highest BCUT2D eigenvalue weighted by molar-refractivity contribution is 6.07. The Morgan fingerprint density at radius 1 is 0.518 bits per heavy atom. The molecule has 2 saturated carbocycles. The van der Waals surface area contributed by atoms with Gasteiger partial charge in [-0.15, -0.1) is 0 Å².